The van der Waals surface area contributed by atoms with E-state index in [-0.39, 0.29) is 18.6 Å². The largest absolute Gasteiger partial charge is 0.480 e. The molecule has 2 aliphatic carbocycles. The van der Waals surface area contributed by atoms with E-state index in [1.807, 2.05) is 24.3 Å². The molecule has 140 valence electrons. The number of carbonyl (C=O) groups excluding carboxylic acids is 1. The minimum absolute atomic E-state index is 0.0123. The van der Waals surface area contributed by atoms with Gasteiger partial charge in [-0.05, 0) is 41.5 Å². The molecule has 4 rings (SSSR count). The van der Waals surface area contributed by atoms with E-state index in [0.717, 1.165) is 24.0 Å². The summed E-state index contributed by atoms with van der Waals surface area (Å²) in [7, 11) is 0. The fourth-order valence-corrected chi connectivity index (χ4v) is 4.04. The summed E-state index contributed by atoms with van der Waals surface area (Å²) < 4.78 is 5.66. The molecule has 0 spiro atoms. The number of carboxylic acid groups (broad SMARTS) is 1. The Kier molecular flexibility index (Phi) is 4.60. The van der Waals surface area contributed by atoms with Crippen molar-refractivity contribution in [3.05, 3.63) is 59.7 Å². The standard InChI is InChI=1S/C22H23NO4/c1-2-20(21(24)25)23(14-11-12-14)22(26)27-13-19-17-9-5-3-7-15(17)16-8-4-6-10-18(16)19/h3-10,14,19-20H,2,11-13H2,1H3,(H,24,25). The van der Waals surface area contributed by atoms with Gasteiger partial charge in [0.1, 0.15) is 12.6 Å². The van der Waals surface area contributed by atoms with Crippen molar-refractivity contribution in [2.75, 3.05) is 6.61 Å². The Balaban J connectivity index is 1.54. The van der Waals surface area contributed by atoms with Crippen LogP contribution in [0.4, 0.5) is 4.79 Å². The number of nitrogens with zero attached hydrogens (tertiary/aromatic N) is 1. The summed E-state index contributed by atoms with van der Waals surface area (Å²) in [6.07, 6.45) is 1.53. The molecule has 0 radical (unpaired) electrons. The van der Waals surface area contributed by atoms with Gasteiger partial charge in [0, 0.05) is 12.0 Å². The van der Waals surface area contributed by atoms with E-state index in [0.29, 0.717) is 6.42 Å². The first-order valence-corrected chi connectivity index (χ1v) is 9.48. The maximum atomic E-state index is 12.8. The molecule has 1 unspecified atom stereocenters. The number of rotatable bonds is 6. The van der Waals surface area contributed by atoms with Gasteiger partial charge < -0.3 is 9.84 Å². The van der Waals surface area contributed by atoms with Gasteiger partial charge in [0.2, 0.25) is 0 Å². The molecule has 1 fully saturated rings. The highest BCUT2D eigenvalue weighted by Crippen LogP contribution is 2.44. The first-order valence-electron chi connectivity index (χ1n) is 9.48. The van der Waals surface area contributed by atoms with Gasteiger partial charge in [-0.3, -0.25) is 4.90 Å². The lowest BCUT2D eigenvalue weighted by molar-refractivity contribution is -0.143. The highest BCUT2D eigenvalue weighted by atomic mass is 16.6. The van der Waals surface area contributed by atoms with Crippen molar-refractivity contribution in [1.29, 1.82) is 0 Å². The number of hydrogen-bond donors (Lipinski definition) is 1. The molecule has 27 heavy (non-hydrogen) atoms. The number of ether oxygens (including phenoxy) is 1. The zero-order valence-electron chi connectivity index (χ0n) is 15.3. The van der Waals surface area contributed by atoms with E-state index in [1.54, 1.807) is 6.92 Å². The third-order valence-electron chi connectivity index (χ3n) is 5.49. The molecule has 2 aromatic carbocycles. The zero-order valence-corrected chi connectivity index (χ0v) is 15.3. The number of amides is 1. The summed E-state index contributed by atoms with van der Waals surface area (Å²) in [6, 6.07) is 15.5. The van der Waals surface area contributed by atoms with E-state index in [2.05, 4.69) is 24.3 Å². The molecule has 5 nitrogen and oxygen atoms in total. The van der Waals surface area contributed by atoms with E-state index < -0.39 is 18.1 Å². The van der Waals surface area contributed by atoms with Crippen molar-refractivity contribution >= 4 is 12.1 Å². The van der Waals surface area contributed by atoms with Gasteiger partial charge in [-0.2, -0.15) is 0 Å². The zero-order chi connectivity index (χ0) is 19.0. The van der Waals surface area contributed by atoms with Crippen LogP contribution in [-0.4, -0.2) is 40.8 Å². The monoisotopic (exact) mass is 365 g/mol. The maximum Gasteiger partial charge on any atom is 0.410 e. The first kappa shape index (κ1) is 17.6. The van der Waals surface area contributed by atoms with Gasteiger partial charge >= 0.3 is 12.1 Å². The topological polar surface area (TPSA) is 66.8 Å². The summed E-state index contributed by atoms with van der Waals surface area (Å²) in [5.74, 6) is -0.995. The average Bonchev–Trinajstić information content (AvgIpc) is 3.46. The Morgan fingerprint density at radius 2 is 1.63 bits per heavy atom. The van der Waals surface area contributed by atoms with Gasteiger partial charge in [0.15, 0.2) is 0 Å². The molecular formula is C22H23NO4. The molecule has 0 aromatic heterocycles. The predicted octanol–water partition coefficient (Wildman–Crippen LogP) is 4.26. The number of hydrogen-bond acceptors (Lipinski definition) is 3. The minimum atomic E-state index is -0.974. The number of benzene rings is 2. The Bertz CT molecular complexity index is 829. The van der Waals surface area contributed by atoms with Gasteiger partial charge in [0.25, 0.3) is 0 Å². The molecule has 1 N–H and O–H groups in total. The fourth-order valence-electron chi connectivity index (χ4n) is 4.04. The Morgan fingerprint density at radius 3 is 2.11 bits per heavy atom. The first-order chi connectivity index (χ1) is 13.1. The maximum absolute atomic E-state index is 12.8. The van der Waals surface area contributed by atoms with E-state index in [4.69, 9.17) is 4.74 Å². The van der Waals surface area contributed by atoms with Gasteiger partial charge in [0.05, 0.1) is 0 Å². The van der Waals surface area contributed by atoms with Crippen molar-refractivity contribution in [1.82, 2.24) is 4.90 Å². The van der Waals surface area contributed by atoms with Crippen LogP contribution in [0.25, 0.3) is 11.1 Å². The molecule has 1 saturated carbocycles. The van der Waals surface area contributed by atoms with Crippen LogP contribution in [0.5, 0.6) is 0 Å². The van der Waals surface area contributed by atoms with Crippen molar-refractivity contribution in [3.8, 4) is 11.1 Å². The summed E-state index contributed by atoms with van der Waals surface area (Å²) in [5.41, 5.74) is 4.64. The quantitative estimate of drug-likeness (QED) is 0.830. The van der Waals surface area contributed by atoms with Gasteiger partial charge in [-0.1, -0.05) is 55.5 Å². The lowest BCUT2D eigenvalue weighted by Crippen LogP contribution is -2.46. The third kappa shape index (κ3) is 3.18. The molecular weight excluding hydrogens is 342 g/mol. The molecule has 1 atom stereocenters. The molecule has 0 bridgehead atoms. The van der Waals surface area contributed by atoms with Crippen LogP contribution in [0.2, 0.25) is 0 Å². The Hall–Kier alpha value is -2.82. The molecule has 0 heterocycles. The lowest BCUT2D eigenvalue weighted by Gasteiger charge is -2.28. The fraction of sp³-hybridized carbons (Fsp3) is 0.364. The second kappa shape index (κ2) is 7.06. The SMILES string of the molecule is CCC(C(=O)O)N(C(=O)OCC1c2ccccc2-c2ccccc21)C1CC1. The normalized spacial score (nSPS) is 16.3. The van der Waals surface area contributed by atoms with E-state index in [9.17, 15) is 14.7 Å². The highest BCUT2D eigenvalue weighted by Gasteiger charge is 2.41. The van der Waals surface area contributed by atoms with Crippen molar-refractivity contribution in [3.63, 3.8) is 0 Å². The van der Waals surface area contributed by atoms with Gasteiger partial charge in [-0.25, -0.2) is 9.59 Å². The number of aliphatic carboxylic acids is 1. The minimum Gasteiger partial charge on any atom is -0.480 e. The van der Waals surface area contributed by atoms with Crippen molar-refractivity contribution in [2.24, 2.45) is 0 Å². The number of fused-ring (bicyclic) bond motifs is 3. The molecule has 0 aliphatic heterocycles. The second-order valence-electron chi connectivity index (χ2n) is 7.20. The molecule has 0 saturated heterocycles. The van der Waals surface area contributed by atoms with Crippen molar-refractivity contribution < 1.29 is 19.4 Å². The van der Waals surface area contributed by atoms with Crippen LogP contribution in [0.3, 0.4) is 0 Å². The van der Waals surface area contributed by atoms with Crippen LogP contribution in [0, 0.1) is 0 Å². The number of carbonyl (C=O) groups is 2. The van der Waals surface area contributed by atoms with Crippen LogP contribution in [0.1, 0.15) is 43.2 Å². The molecule has 2 aliphatic rings. The summed E-state index contributed by atoms with van der Waals surface area (Å²) in [4.78, 5) is 25.7. The summed E-state index contributed by atoms with van der Waals surface area (Å²) in [5, 5.41) is 9.46. The van der Waals surface area contributed by atoms with Crippen LogP contribution in [0.15, 0.2) is 48.5 Å². The van der Waals surface area contributed by atoms with E-state index >= 15 is 0 Å². The van der Waals surface area contributed by atoms with Crippen LogP contribution >= 0.6 is 0 Å². The Morgan fingerprint density at radius 1 is 1.07 bits per heavy atom. The molecule has 2 aromatic rings. The molecule has 1 amide bonds. The smallest absolute Gasteiger partial charge is 0.410 e. The summed E-state index contributed by atoms with van der Waals surface area (Å²) >= 11 is 0. The summed E-state index contributed by atoms with van der Waals surface area (Å²) in [6.45, 7) is 2.00. The third-order valence-corrected chi connectivity index (χ3v) is 5.49. The lowest BCUT2D eigenvalue weighted by atomic mass is 9.98. The average molecular weight is 365 g/mol. The van der Waals surface area contributed by atoms with Crippen LogP contribution < -0.4 is 0 Å². The van der Waals surface area contributed by atoms with Crippen LogP contribution in [-0.2, 0) is 9.53 Å². The highest BCUT2D eigenvalue weighted by molar-refractivity contribution is 5.81. The number of carboxylic acids is 1. The Labute approximate surface area is 158 Å². The molecule has 5 heteroatoms. The predicted molar refractivity (Wildman–Crippen MR) is 102 cm³/mol. The van der Waals surface area contributed by atoms with E-state index in [1.165, 1.54) is 16.0 Å². The van der Waals surface area contributed by atoms with Gasteiger partial charge in [-0.15, -0.1) is 0 Å². The second-order valence-corrected chi connectivity index (χ2v) is 7.20. The van der Waals surface area contributed by atoms with Crippen molar-refractivity contribution in [2.45, 2.75) is 44.2 Å².